The van der Waals surface area contributed by atoms with Gasteiger partial charge in [-0.1, -0.05) is 54.1 Å². The van der Waals surface area contributed by atoms with Gasteiger partial charge in [0.15, 0.2) is 0 Å². The number of rotatable bonds is 12. The van der Waals surface area contributed by atoms with E-state index in [0.717, 1.165) is 16.2 Å². The highest BCUT2D eigenvalue weighted by atomic mass is 35.5. The second-order valence-electron chi connectivity index (χ2n) is 12.1. The SMILES string of the molecule is CC(C)(C)OC(=O)NCCCOc1cc2ccccc2cc1C(=O)NCCOc1nc2ccccc2cc1C(=O)Nc1ccc(Cl)cc1O. The van der Waals surface area contributed by atoms with E-state index in [4.69, 9.17) is 25.8 Å². The van der Waals surface area contributed by atoms with Gasteiger partial charge >= 0.3 is 6.09 Å². The summed E-state index contributed by atoms with van der Waals surface area (Å²) in [6, 6.07) is 24.5. The van der Waals surface area contributed by atoms with Crippen molar-refractivity contribution in [2.24, 2.45) is 0 Å². The van der Waals surface area contributed by atoms with E-state index in [2.05, 4.69) is 20.9 Å². The highest BCUT2D eigenvalue weighted by Crippen LogP contribution is 2.30. The number of amides is 3. The Morgan fingerprint density at radius 2 is 1.47 bits per heavy atom. The topological polar surface area (TPSA) is 148 Å². The van der Waals surface area contributed by atoms with Gasteiger partial charge in [0, 0.05) is 23.0 Å². The number of nitrogens with one attached hydrogen (secondary N) is 3. The molecule has 1 heterocycles. The first-order valence-corrected chi connectivity index (χ1v) is 16.1. The zero-order valence-electron chi connectivity index (χ0n) is 27.3. The predicted molar refractivity (Wildman–Crippen MR) is 189 cm³/mol. The smallest absolute Gasteiger partial charge is 0.407 e. The van der Waals surface area contributed by atoms with Crippen molar-refractivity contribution < 1.29 is 33.7 Å². The third-order valence-electron chi connectivity index (χ3n) is 7.11. The second kappa shape index (κ2) is 15.6. The number of aromatic hydroxyl groups is 1. The molecule has 254 valence electrons. The van der Waals surface area contributed by atoms with Crippen LogP contribution in [0.1, 0.15) is 47.9 Å². The third-order valence-corrected chi connectivity index (χ3v) is 7.34. The van der Waals surface area contributed by atoms with Crippen LogP contribution in [0.4, 0.5) is 10.5 Å². The molecular weight excluding hydrogens is 648 g/mol. The van der Waals surface area contributed by atoms with Gasteiger partial charge in [-0.3, -0.25) is 9.59 Å². The number of hydrogen-bond acceptors (Lipinski definition) is 8. The summed E-state index contributed by atoms with van der Waals surface area (Å²) in [5.74, 6) is -0.647. The number of carbonyl (C=O) groups is 3. The van der Waals surface area contributed by atoms with Crippen LogP contribution in [0.5, 0.6) is 17.4 Å². The van der Waals surface area contributed by atoms with Crippen molar-refractivity contribution in [3.8, 4) is 17.4 Å². The van der Waals surface area contributed by atoms with Gasteiger partial charge in [-0.2, -0.15) is 0 Å². The number of fused-ring (bicyclic) bond motifs is 2. The summed E-state index contributed by atoms with van der Waals surface area (Å²) in [4.78, 5) is 43.2. The Bertz CT molecular complexity index is 1990. The molecule has 0 radical (unpaired) electrons. The van der Waals surface area contributed by atoms with Crippen LogP contribution in [0.2, 0.25) is 5.02 Å². The number of ether oxygens (including phenoxy) is 3. The Labute approximate surface area is 288 Å². The first-order valence-electron chi connectivity index (χ1n) is 15.7. The largest absolute Gasteiger partial charge is 0.506 e. The average molecular weight is 685 g/mol. The van der Waals surface area contributed by atoms with Gasteiger partial charge in [-0.15, -0.1) is 0 Å². The maximum atomic E-state index is 13.4. The Balaban J connectivity index is 1.24. The molecule has 4 N–H and O–H groups in total. The minimum Gasteiger partial charge on any atom is -0.506 e. The van der Waals surface area contributed by atoms with Crippen LogP contribution in [0.15, 0.2) is 84.9 Å². The van der Waals surface area contributed by atoms with E-state index in [1.807, 2.05) is 48.5 Å². The van der Waals surface area contributed by atoms with Gasteiger partial charge in [-0.05, 0) is 74.4 Å². The molecule has 0 fully saturated rings. The summed E-state index contributed by atoms with van der Waals surface area (Å²) < 4.78 is 17.2. The van der Waals surface area contributed by atoms with E-state index in [-0.39, 0.29) is 48.5 Å². The molecule has 3 amide bonds. The van der Waals surface area contributed by atoms with Gasteiger partial charge in [0.05, 0.1) is 29.9 Å². The number of benzene rings is 4. The fourth-order valence-electron chi connectivity index (χ4n) is 4.85. The highest BCUT2D eigenvalue weighted by molar-refractivity contribution is 6.30. The summed E-state index contributed by atoms with van der Waals surface area (Å²) in [5.41, 5.74) is 0.682. The standard InChI is InChI=1S/C37H37ClN4O7/c1-37(2,3)49-36(46)40-15-8-17-47-32-21-24-10-5-4-9-23(24)19-27(32)33(44)39-16-18-48-35-28(20-25-11-6-7-12-29(25)42-35)34(45)41-30-14-13-26(38)22-31(30)43/h4-7,9-14,19-22,43H,8,15-18H2,1-3H3,(H,39,44)(H,40,46)(H,41,45). The summed E-state index contributed by atoms with van der Waals surface area (Å²) in [6.45, 7) is 6.07. The van der Waals surface area contributed by atoms with E-state index in [1.54, 1.807) is 45.0 Å². The molecule has 0 unspecified atom stereocenters. The zero-order chi connectivity index (χ0) is 35.0. The van der Waals surface area contributed by atoms with Crippen molar-refractivity contribution in [2.45, 2.75) is 32.8 Å². The monoisotopic (exact) mass is 684 g/mol. The lowest BCUT2D eigenvalue weighted by Gasteiger charge is -2.19. The molecule has 5 aromatic rings. The molecule has 5 rings (SSSR count). The van der Waals surface area contributed by atoms with Crippen molar-refractivity contribution in [1.82, 2.24) is 15.6 Å². The first-order chi connectivity index (χ1) is 23.5. The molecule has 0 aliphatic heterocycles. The number of nitrogens with zero attached hydrogens (tertiary/aromatic N) is 1. The van der Waals surface area contributed by atoms with Crippen molar-refractivity contribution in [2.75, 3.05) is 31.6 Å². The van der Waals surface area contributed by atoms with Crippen LogP contribution < -0.4 is 25.4 Å². The van der Waals surface area contributed by atoms with E-state index >= 15 is 0 Å². The normalized spacial score (nSPS) is 11.2. The van der Waals surface area contributed by atoms with E-state index in [0.29, 0.717) is 34.8 Å². The minimum absolute atomic E-state index is 0.00363. The van der Waals surface area contributed by atoms with Gasteiger partial charge in [0.2, 0.25) is 5.88 Å². The molecule has 11 nitrogen and oxygen atoms in total. The number of anilines is 1. The zero-order valence-corrected chi connectivity index (χ0v) is 28.1. The van der Waals surface area contributed by atoms with E-state index in [1.165, 1.54) is 12.1 Å². The Morgan fingerprint density at radius 3 is 2.20 bits per heavy atom. The average Bonchev–Trinajstić information content (AvgIpc) is 3.06. The van der Waals surface area contributed by atoms with Crippen molar-refractivity contribution in [1.29, 1.82) is 0 Å². The fraction of sp³-hybridized carbons (Fsp3) is 0.243. The summed E-state index contributed by atoms with van der Waals surface area (Å²) in [5, 5.41) is 21.3. The molecule has 0 bridgehead atoms. The number of phenols is 1. The van der Waals surface area contributed by atoms with Crippen LogP contribution in [0.3, 0.4) is 0 Å². The predicted octanol–water partition coefficient (Wildman–Crippen LogP) is 7.10. The van der Waals surface area contributed by atoms with Crippen LogP contribution in [-0.2, 0) is 4.74 Å². The number of aromatic nitrogens is 1. The third kappa shape index (κ3) is 9.51. The van der Waals surface area contributed by atoms with Crippen molar-refractivity contribution in [3.05, 3.63) is 101 Å². The molecule has 49 heavy (non-hydrogen) atoms. The summed E-state index contributed by atoms with van der Waals surface area (Å²) in [7, 11) is 0. The fourth-order valence-corrected chi connectivity index (χ4v) is 5.02. The number of para-hydroxylation sites is 1. The minimum atomic E-state index is -0.593. The molecule has 1 aromatic heterocycles. The Kier molecular flexibility index (Phi) is 11.0. The number of phenolic OH excluding ortho intramolecular Hbond substituents is 1. The van der Waals surface area contributed by atoms with Crippen LogP contribution in [0.25, 0.3) is 21.7 Å². The van der Waals surface area contributed by atoms with E-state index < -0.39 is 17.6 Å². The first kappa shape index (κ1) is 34.8. The summed E-state index contributed by atoms with van der Waals surface area (Å²) in [6.07, 6.45) is -0.0132. The number of carbonyl (C=O) groups excluding carboxylic acids is 3. The van der Waals surface area contributed by atoms with E-state index in [9.17, 15) is 19.5 Å². The number of halogens is 1. The van der Waals surface area contributed by atoms with Crippen molar-refractivity contribution in [3.63, 3.8) is 0 Å². The van der Waals surface area contributed by atoms with Crippen LogP contribution in [0, 0.1) is 0 Å². The number of alkyl carbamates (subject to hydrolysis) is 1. The maximum absolute atomic E-state index is 13.4. The highest BCUT2D eigenvalue weighted by Gasteiger charge is 2.19. The molecule has 0 spiro atoms. The lowest BCUT2D eigenvalue weighted by molar-refractivity contribution is 0.0525. The quantitative estimate of drug-likeness (QED) is 0.0804. The molecular formula is C37H37ClN4O7. The number of hydrogen-bond donors (Lipinski definition) is 4. The molecule has 0 aliphatic rings. The van der Waals surface area contributed by atoms with Gasteiger partial charge in [-0.25, -0.2) is 9.78 Å². The van der Waals surface area contributed by atoms with Gasteiger partial charge < -0.3 is 35.3 Å². The van der Waals surface area contributed by atoms with Gasteiger partial charge in [0.25, 0.3) is 11.8 Å². The molecule has 0 aliphatic carbocycles. The Hall–Kier alpha value is -5.55. The number of pyridine rings is 1. The molecule has 12 heteroatoms. The van der Waals surface area contributed by atoms with Crippen LogP contribution in [-0.4, -0.2) is 59.9 Å². The molecule has 0 atom stereocenters. The molecule has 4 aromatic carbocycles. The molecule has 0 saturated carbocycles. The lowest BCUT2D eigenvalue weighted by Crippen LogP contribution is -2.33. The Morgan fingerprint density at radius 1 is 0.776 bits per heavy atom. The molecule has 0 saturated heterocycles. The second-order valence-corrected chi connectivity index (χ2v) is 12.5. The lowest BCUT2D eigenvalue weighted by atomic mass is 10.1. The summed E-state index contributed by atoms with van der Waals surface area (Å²) >= 11 is 5.93. The van der Waals surface area contributed by atoms with Crippen LogP contribution >= 0.6 is 11.6 Å². The van der Waals surface area contributed by atoms with Crippen molar-refractivity contribution >= 4 is 56.9 Å². The maximum Gasteiger partial charge on any atom is 0.407 e. The van der Waals surface area contributed by atoms with Gasteiger partial charge in [0.1, 0.15) is 29.3 Å².